The molecule has 0 unspecified atom stereocenters. The zero-order chi connectivity index (χ0) is 13.7. The zero-order valence-corrected chi connectivity index (χ0v) is 11.4. The van der Waals surface area contributed by atoms with Crippen LogP contribution in [0.1, 0.15) is 44.1 Å². The summed E-state index contributed by atoms with van der Waals surface area (Å²) in [4.78, 5) is 12.5. The third-order valence-corrected chi connectivity index (χ3v) is 3.88. The Bertz CT molecular complexity index is 494. The van der Waals surface area contributed by atoms with E-state index in [0.29, 0.717) is 12.8 Å². The summed E-state index contributed by atoms with van der Waals surface area (Å²) >= 11 is 0. The molecule has 100 valence electrons. The molecule has 0 heterocycles. The van der Waals surface area contributed by atoms with Crippen molar-refractivity contribution in [2.75, 3.05) is 5.32 Å². The van der Waals surface area contributed by atoms with Crippen LogP contribution < -0.4 is 5.32 Å². The molecule has 1 aliphatic carbocycles. The molecule has 1 aliphatic rings. The fraction of sp³-hybridized carbons (Fsp3) is 0.500. The van der Waals surface area contributed by atoms with Gasteiger partial charge in [-0.15, -0.1) is 0 Å². The number of hydrogen-bond acceptors (Lipinski definition) is 2. The van der Waals surface area contributed by atoms with Crippen molar-refractivity contribution in [1.29, 1.82) is 5.26 Å². The molecule has 19 heavy (non-hydrogen) atoms. The van der Waals surface area contributed by atoms with Gasteiger partial charge in [-0.25, -0.2) is 0 Å². The maximum Gasteiger partial charge on any atom is 0.244 e. The molecular weight excluding hydrogens is 236 g/mol. The van der Waals surface area contributed by atoms with Crippen LogP contribution in [0.2, 0.25) is 0 Å². The number of amides is 1. The lowest BCUT2D eigenvalue weighted by Crippen LogP contribution is -2.34. The van der Waals surface area contributed by atoms with Crippen molar-refractivity contribution in [3.05, 3.63) is 29.8 Å². The van der Waals surface area contributed by atoms with Gasteiger partial charge in [0.2, 0.25) is 5.91 Å². The van der Waals surface area contributed by atoms with E-state index in [-0.39, 0.29) is 5.91 Å². The Balaban J connectivity index is 2.15. The lowest BCUT2D eigenvalue weighted by molar-refractivity contribution is -0.123. The SMILES string of the molecule is Cc1cccc(NC(=O)C2(C#N)CCCCCC2)c1. The highest BCUT2D eigenvalue weighted by molar-refractivity contribution is 5.97. The maximum absolute atomic E-state index is 12.5. The van der Waals surface area contributed by atoms with E-state index in [9.17, 15) is 10.1 Å². The van der Waals surface area contributed by atoms with Crippen LogP contribution in [0.15, 0.2) is 24.3 Å². The van der Waals surface area contributed by atoms with Crippen LogP contribution in [0.25, 0.3) is 0 Å². The Hall–Kier alpha value is -1.82. The molecule has 0 radical (unpaired) electrons. The van der Waals surface area contributed by atoms with Gasteiger partial charge in [0.1, 0.15) is 5.41 Å². The number of aryl methyl sites for hydroxylation is 1. The van der Waals surface area contributed by atoms with E-state index >= 15 is 0 Å². The quantitative estimate of drug-likeness (QED) is 0.818. The number of carbonyl (C=O) groups is 1. The van der Waals surface area contributed by atoms with Gasteiger partial charge in [0.15, 0.2) is 0 Å². The molecule has 1 fully saturated rings. The molecule has 0 aromatic heterocycles. The second-order valence-corrected chi connectivity index (χ2v) is 5.43. The van der Waals surface area contributed by atoms with Crippen LogP contribution in [0.5, 0.6) is 0 Å². The van der Waals surface area contributed by atoms with Crippen LogP contribution in [0.4, 0.5) is 5.69 Å². The largest absolute Gasteiger partial charge is 0.325 e. The third kappa shape index (κ3) is 3.14. The van der Waals surface area contributed by atoms with Gasteiger partial charge in [-0.3, -0.25) is 4.79 Å². The Morgan fingerprint density at radius 3 is 2.53 bits per heavy atom. The minimum Gasteiger partial charge on any atom is -0.325 e. The number of anilines is 1. The van der Waals surface area contributed by atoms with E-state index in [1.165, 1.54) is 0 Å². The van der Waals surface area contributed by atoms with E-state index in [4.69, 9.17) is 0 Å². The number of benzene rings is 1. The van der Waals surface area contributed by atoms with E-state index in [2.05, 4.69) is 11.4 Å². The molecule has 1 aromatic carbocycles. The number of carbonyl (C=O) groups excluding carboxylic acids is 1. The minimum absolute atomic E-state index is 0.137. The normalized spacial score (nSPS) is 18.1. The molecule has 1 saturated carbocycles. The molecule has 2 rings (SSSR count). The van der Waals surface area contributed by atoms with Gasteiger partial charge in [-0.2, -0.15) is 5.26 Å². The standard InChI is InChI=1S/C16H20N2O/c1-13-7-6-8-14(11-13)18-15(19)16(12-17)9-4-2-3-5-10-16/h6-8,11H,2-5,9-10H2,1H3,(H,18,19). The maximum atomic E-state index is 12.5. The molecule has 0 aliphatic heterocycles. The summed E-state index contributed by atoms with van der Waals surface area (Å²) in [6, 6.07) is 9.98. The molecular formula is C16H20N2O. The zero-order valence-electron chi connectivity index (χ0n) is 11.4. The Labute approximate surface area is 114 Å². The summed E-state index contributed by atoms with van der Waals surface area (Å²) in [5, 5.41) is 12.4. The summed E-state index contributed by atoms with van der Waals surface area (Å²) in [7, 11) is 0. The number of rotatable bonds is 2. The molecule has 1 amide bonds. The van der Waals surface area contributed by atoms with Crippen molar-refractivity contribution in [2.24, 2.45) is 5.41 Å². The highest BCUT2D eigenvalue weighted by Crippen LogP contribution is 2.35. The summed E-state index contributed by atoms with van der Waals surface area (Å²) < 4.78 is 0. The van der Waals surface area contributed by atoms with Crippen LogP contribution in [-0.4, -0.2) is 5.91 Å². The van der Waals surface area contributed by atoms with E-state index in [1.54, 1.807) is 0 Å². The lowest BCUT2D eigenvalue weighted by atomic mass is 9.81. The number of nitrogens with zero attached hydrogens (tertiary/aromatic N) is 1. The van der Waals surface area contributed by atoms with Crippen molar-refractivity contribution in [3.63, 3.8) is 0 Å². The first kappa shape index (κ1) is 13.6. The van der Waals surface area contributed by atoms with Gasteiger partial charge >= 0.3 is 0 Å². The van der Waals surface area contributed by atoms with Crippen LogP contribution in [0, 0.1) is 23.7 Å². The first-order valence-electron chi connectivity index (χ1n) is 6.96. The van der Waals surface area contributed by atoms with Crippen LogP contribution >= 0.6 is 0 Å². The van der Waals surface area contributed by atoms with Crippen molar-refractivity contribution in [2.45, 2.75) is 45.4 Å². The first-order chi connectivity index (χ1) is 9.16. The predicted octanol–water partition coefficient (Wildman–Crippen LogP) is 3.80. The first-order valence-corrected chi connectivity index (χ1v) is 6.96. The fourth-order valence-corrected chi connectivity index (χ4v) is 2.70. The van der Waals surface area contributed by atoms with Crippen molar-refractivity contribution in [1.82, 2.24) is 0 Å². The van der Waals surface area contributed by atoms with E-state index < -0.39 is 5.41 Å². The van der Waals surface area contributed by atoms with E-state index in [0.717, 1.165) is 36.9 Å². The van der Waals surface area contributed by atoms with Crippen molar-refractivity contribution >= 4 is 11.6 Å². The predicted molar refractivity (Wildman–Crippen MR) is 75.6 cm³/mol. The van der Waals surface area contributed by atoms with Crippen molar-refractivity contribution in [3.8, 4) is 6.07 Å². The highest BCUT2D eigenvalue weighted by atomic mass is 16.2. The van der Waals surface area contributed by atoms with Crippen molar-refractivity contribution < 1.29 is 4.79 Å². The number of hydrogen-bond donors (Lipinski definition) is 1. The van der Waals surface area contributed by atoms with Gasteiger partial charge in [-0.05, 0) is 37.5 Å². The molecule has 0 spiro atoms. The number of nitriles is 1. The van der Waals surface area contributed by atoms with Gasteiger partial charge < -0.3 is 5.32 Å². The van der Waals surface area contributed by atoms with Crippen LogP contribution in [0.3, 0.4) is 0 Å². The second kappa shape index (κ2) is 5.88. The Morgan fingerprint density at radius 1 is 1.26 bits per heavy atom. The average molecular weight is 256 g/mol. The van der Waals surface area contributed by atoms with Gasteiger partial charge in [0, 0.05) is 5.69 Å². The Morgan fingerprint density at radius 2 is 1.95 bits per heavy atom. The van der Waals surface area contributed by atoms with E-state index in [1.807, 2.05) is 31.2 Å². The third-order valence-electron chi connectivity index (χ3n) is 3.88. The number of nitrogens with one attached hydrogen (secondary N) is 1. The summed E-state index contributed by atoms with van der Waals surface area (Å²) in [5.41, 5.74) is 1.05. The van der Waals surface area contributed by atoms with Crippen LogP contribution in [-0.2, 0) is 4.79 Å². The monoisotopic (exact) mass is 256 g/mol. The lowest BCUT2D eigenvalue weighted by Gasteiger charge is -2.23. The molecule has 0 atom stereocenters. The minimum atomic E-state index is -0.833. The molecule has 1 N–H and O–H groups in total. The topological polar surface area (TPSA) is 52.9 Å². The fourth-order valence-electron chi connectivity index (χ4n) is 2.70. The molecule has 0 saturated heterocycles. The Kier molecular flexibility index (Phi) is 4.21. The molecule has 3 nitrogen and oxygen atoms in total. The molecule has 1 aromatic rings. The van der Waals surface area contributed by atoms with Gasteiger partial charge in [0.05, 0.1) is 6.07 Å². The summed E-state index contributed by atoms with van der Waals surface area (Å²) in [5.74, 6) is -0.137. The average Bonchev–Trinajstić information content (AvgIpc) is 2.65. The molecule has 3 heteroatoms. The van der Waals surface area contributed by atoms with Gasteiger partial charge in [-0.1, -0.05) is 37.8 Å². The molecule has 0 bridgehead atoms. The second-order valence-electron chi connectivity index (χ2n) is 5.43. The van der Waals surface area contributed by atoms with Gasteiger partial charge in [0.25, 0.3) is 0 Å². The highest BCUT2D eigenvalue weighted by Gasteiger charge is 2.38. The smallest absolute Gasteiger partial charge is 0.244 e. The summed E-state index contributed by atoms with van der Waals surface area (Å²) in [6.45, 7) is 1.99. The summed E-state index contributed by atoms with van der Waals surface area (Å²) in [6.07, 6.45) is 5.55.